The zero-order valence-corrected chi connectivity index (χ0v) is 37.7. The molecule has 4 N–H and O–H groups in total. The van der Waals surface area contributed by atoms with E-state index in [2.05, 4.69) is 58.9 Å². The topological polar surface area (TPSA) is 70.5 Å². The van der Waals surface area contributed by atoms with Gasteiger partial charge in [0.2, 0.25) is 0 Å². The molecular weight excluding hydrogens is 721 g/mol. The molecule has 59 heavy (non-hydrogen) atoms. The second-order valence-corrected chi connectivity index (χ2v) is 19.0. The molecule has 0 bridgehead atoms. The smallest absolute Gasteiger partial charge is 0.133 e. The van der Waals surface area contributed by atoms with Crippen molar-refractivity contribution in [3.05, 3.63) is 106 Å². The first-order valence-corrected chi connectivity index (χ1v) is 24.0. The molecule has 0 spiro atoms. The van der Waals surface area contributed by atoms with Crippen LogP contribution in [0.3, 0.4) is 0 Å². The quantitative estimate of drug-likeness (QED) is 0.0651. The Morgan fingerprint density at radius 1 is 0.475 bits per heavy atom. The molecule has 0 unspecified atom stereocenters. The lowest BCUT2D eigenvalue weighted by molar-refractivity contribution is 0.140. The van der Waals surface area contributed by atoms with Gasteiger partial charge in [0.25, 0.3) is 0 Å². The number of rotatable bonds is 21. The molecule has 0 amide bonds. The molecule has 0 aliphatic heterocycles. The number of nitrogens with two attached hydrogens (primary N) is 2. The van der Waals surface area contributed by atoms with Crippen molar-refractivity contribution in [2.24, 2.45) is 17.8 Å². The maximum Gasteiger partial charge on any atom is 0.133 e. The Labute approximate surface area is 359 Å². The number of nitrogen functional groups attached to an aromatic ring is 2. The predicted octanol–water partition coefficient (Wildman–Crippen LogP) is 16.4. The number of benzene rings is 4. The van der Waals surface area contributed by atoms with Crippen LogP contribution in [0.1, 0.15) is 182 Å². The van der Waals surface area contributed by atoms with E-state index in [-0.39, 0.29) is 5.41 Å². The number of aryl methyl sites for hydroxylation is 4. The minimum Gasteiger partial charge on any atom is -0.457 e. The van der Waals surface area contributed by atoms with Crippen molar-refractivity contribution >= 4 is 11.4 Å². The molecule has 4 aromatic carbocycles. The number of hydrogen-bond donors (Lipinski definition) is 2. The van der Waals surface area contributed by atoms with Crippen molar-refractivity contribution in [3.8, 4) is 23.0 Å². The van der Waals surface area contributed by atoms with E-state index in [0.29, 0.717) is 0 Å². The summed E-state index contributed by atoms with van der Waals surface area (Å²) in [5.74, 6) is 6.18. The van der Waals surface area contributed by atoms with Crippen molar-refractivity contribution < 1.29 is 9.47 Å². The monoisotopic (exact) mass is 799 g/mol. The first-order valence-electron chi connectivity index (χ1n) is 24.0. The Balaban J connectivity index is 1.07. The number of ether oxygens (including phenoxy) is 2. The molecule has 0 heterocycles. The Hall–Kier alpha value is -3.92. The van der Waals surface area contributed by atoms with Gasteiger partial charge in [0, 0.05) is 16.8 Å². The van der Waals surface area contributed by atoms with E-state index in [1.54, 1.807) is 0 Å². The maximum atomic E-state index is 6.49. The van der Waals surface area contributed by atoms with Gasteiger partial charge in [-0.2, -0.15) is 0 Å². The van der Waals surface area contributed by atoms with Crippen LogP contribution in [0, 0.1) is 45.4 Å². The lowest BCUT2D eigenvalue weighted by Gasteiger charge is -2.45. The third-order valence-electron chi connectivity index (χ3n) is 14.4. The SMILES string of the molecule is CCCCCCCCCCCCCCCC1CCC(C2CCC(c3cc(C)c(Oc4ccc(N)cc4)c(C)c3)(c3cc(C)c(Oc4ccc(N)cc4)c(C)c3)CC2)CC1. The van der Waals surface area contributed by atoms with E-state index in [0.717, 1.165) is 52.1 Å². The highest BCUT2D eigenvalue weighted by atomic mass is 16.5. The lowest BCUT2D eigenvalue weighted by Crippen LogP contribution is -2.36. The Morgan fingerprint density at radius 2 is 0.831 bits per heavy atom. The van der Waals surface area contributed by atoms with Crippen LogP contribution < -0.4 is 20.9 Å². The van der Waals surface area contributed by atoms with E-state index < -0.39 is 0 Å². The number of anilines is 2. The summed E-state index contributed by atoms with van der Waals surface area (Å²) in [6, 6.07) is 25.1. The molecule has 320 valence electrons. The largest absolute Gasteiger partial charge is 0.457 e. The zero-order valence-electron chi connectivity index (χ0n) is 37.7. The molecule has 0 aromatic heterocycles. The molecule has 2 fully saturated rings. The summed E-state index contributed by atoms with van der Waals surface area (Å²) in [5, 5.41) is 0. The van der Waals surface area contributed by atoms with Crippen LogP contribution in [0.4, 0.5) is 11.4 Å². The third-order valence-corrected chi connectivity index (χ3v) is 14.4. The van der Waals surface area contributed by atoms with E-state index in [1.165, 1.54) is 175 Å². The van der Waals surface area contributed by atoms with Gasteiger partial charge in [-0.1, -0.05) is 134 Å². The van der Waals surface area contributed by atoms with Crippen LogP contribution in [0.2, 0.25) is 0 Å². The fourth-order valence-electron chi connectivity index (χ4n) is 10.8. The summed E-state index contributed by atoms with van der Waals surface area (Å²) in [4.78, 5) is 0. The Morgan fingerprint density at radius 3 is 1.22 bits per heavy atom. The van der Waals surface area contributed by atoms with Gasteiger partial charge in [0.1, 0.15) is 23.0 Å². The van der Waals surface area contributed by atoms with E-state index in [4.69, 9.17) is 20.9 Å². The van der Waals surface area contributed by atoms with E-state index in [1.807, 2.05) is 48.5 Å². The molecule has 4 nitrogen and oxygen atoms in total. The van der Waals surface area contributed by atoms with Crippen molar-refractivity contribution in [2.45, 2.75) is 181 Å². The molecule has 6 rings (SSSR count). The van der Waals surface area contributed by atoms with Gasteiger partial charge in [-0.25, -0.2) is 0 Å². The average molecular weight is 799 g/mol. The van der Waals surface area contributed by atoms with Crippen molar-refractivity contribution in [1.82, 2.24) is 0 Å². The van der Waals surface area contributed by atoms with Crippen molar-refractivity contribution in [2.75, 3.05) is 11.5 Å². The highest BCUT2D eigenvalue weighted by Crippen LogP contribution is 2.52. The zero-order chi connectivity index (χ0) is 41.6. The fourth-order valence-corrected chi connectivity index (χ4v) is 10.8. The average Bonchev–Trinajstić information content (AvgIpc) is 3.24. The molecule has 4 aromatic rings. The summed E-state index contributed by atoms with van der Waals surface area (Å²) in [7, 11) is 0. The molecule has 0 saturated heterocycles. The summed E-state index contributed by atoms with van der Waals surface area (Å²) < 4.78 is 13.0. The normalized spacial score (nSPS) is 18.2. The molecule has 4 heteroatoms. The summed E-state index contributed by atoms with van der Waals surface area (Å²) in [6.07, 6.45) is 30.9. The molecule has 0 atom stereocenters. The lowest BCUT2D eigenvalue weighted by atomic mass is 9.59. The summed E-state index contributed by atoms with van der Waals surface area (Å²) in [5.41, 5.74) is 20.9. The van der Waals surface area contributed by atoms with Crippen molar-refractivity contribution in [1.29, 1.82) is 0 Å². The first-order chi connectivity index (χ1) is 28.6. The first kappa shape index (κ1) is 44.6. The predicted molar refractivity (Wildman–Crippen MR) is 252 cm³/mol. The Bertz CT molecular complexity index is 1710. The second-order valence-electron chi connectivity index (χ2n) is 19.0. The van der Waals surface area contributed by atoms with E-state index in [9.17, 15) is 0 Å². The van der Waals surface area contributed by atoms with Crippen LogP contribution in [0.5, 0.6) is 23.0 Å². The van der Waals surface area contributed by atoms with Gasteiger partial charge < -0.3 is 20.9 Å². The number of hydrogen-bond acceptors (Lipinski definition) is 4. The van der Waals surface area contributed by atoms with Gasteiger partial charge in [0.15, 0.2) is 0 Å². The van der Waals surface area contributed by atoms with Crippen LogP contribution in [-0.2, 0) is 5.41 Å². The standard InChI is InChI=1S/C55H78N2O2/c1-6-7-8-9-10-11-12-13-14-15-16-17-18-19-44-20-22-45(23-21-44)46-32-34-55(35-33-46,47-36-40(2)53(41(3)37-47)58-51-28-24-49(56)25-29-51)48-38-42(4)54(43(5)39-48)59-52-30-26-50(57)27-31-52/h24-31,36-39,44-46H,6-23,32-35,56-57H2,1-5H3. The van der Waals surface area contributed by atoms with Gasteiger partial charge in [-0.3, -0.25) is 0 Å². The fraction of sp³-hybridized carbons (Fsp3) is 0.564. The summed E-state index contributed by atoms with van der Waals surface area (Å²) >= 11 is 0. The van der Waals surface area contributed by atoms with Gasteiger partial charge in [-0.15, -0.1) is 0 Å². The van der Waals surface area contributed by atoms with Crippen LogP contribution in [0.25, 0.3) is 0 Å². The molecule has 2 aliphatic rings. The molecular formula is C55H78N2O2. The van der Waals surface area contributed by atoms with Crippen LogP contribution in [0.15, 0.2) is 72.8 Å². The maximum absolute atomic E-state index is 6.49. The van der Waals surface area contributed by atoms with Gasteiger partial charge in [0.05, 0.1) is 0 Å². The summed E-state index contributed by atoms with van der Waals surface area (Å²) in [6.45, 7) is 11.1. The Kier molecular flexibility index (Phi) is 16.7. The van der Waals surface area contributed by atoms with Crippen molar-refractivity contribution in [3.63, 3.8) is 0 Å². The molecule has 2 saturated carbocycles. The highest BCUT2D eigenvalue weighted by Gasteiger charge is 2.42. The van der Waals surface area contributed by atoms with Gasteiger partial charge >= 0.3 is 0 Å². The van der Waals surface area contributed by atoms with Crippen LogP contribution in [-0.4, -0.2) is 0 Å². The number of unbranched alkanes of at least 4 members (excludes halogenated alkanes) is 12. The van der Waals surface area contributed by atoms with Crippen LogP contribution >= 0.6 is 0 Å². The minimum atomic E-state index is -0.0631. The molecule has 2 aliphatic carbocycles. The second kappa shape index (κ2) is 22.1. The van der Waals surface area contributed by atoms with E-state index >= 15 is 0 Å². The highest BCUT2D eigenvalue weighted by molar-refractivity contribution is 5.55. The molecule has 0 radical (unpaired) electrons. The van der Waals surface area contributed by atoms with Gasteiger partial charge in [-0.05, 0) is 166 Å². The minimum absolute atomic E-state index is 0.0631. The third kappa shape index (κ3) is 12.3.